The molecular formula is C18H27FN2O2S. The number of thioether (sulfide) groups is 1. The second kappa shape index (κ2) is 11.3. The molecule has 0 radical (unpaired) electrons. The number of aliphatic hydroxyl groups is 1. The smallest absolute Gasteiger partial charge is 0.119 e. The van der Waals surface area contributed by atoms with E-state index in [1.54, 1.807) is 43.0 Å². The number of rotatable bonds is 11. The van der Waals surface area contributed by atoms with Crippen molar-refractivity contribution in [3.63, 3.8) is 0 Å². The van der Waals surface area contributed by atoms with Gasteiger partial charge in [0.25, 0.3) is 0 Å². The van der Waals surface area contributed by atoms with Gasteiger partial charge in [-0.25, -0.2) is 4.39 Å². The van der Waals surface area contributed by atoms with Crippen LogP contribution < -0.4 is 10.5 Å². The largest absolute Gasteiger partial charge is 0.491 e. The fourth-order valence-electron chi connectivity index (χ4n) is 2.18. The van der Waals surface area contributed by atoms with Gasteiger partial charge in [-0.05, 0) is 50.5 Å². The van der Waals surface area contributed by atoms with Gasteiger partial charge in [-0.1, -0.05) is 6.92 Å². The Balaban J connectivity index is 2.32. The summed E-state index contributed by atoms with van der Waals surface area (Å²) in [5.41, 5.74) is 6.59. The van der Waals surface area contributed by atoms with Crippen LogP contribution in [0.25, 0.3) is 0 Å². The number of nitriles is 1. The molecule has 1 aromatic rings. The van der Waals surface area contributed by atoms with Gasteiger partial charge in [0, 0.05) is 17.0 Å². The molecule has 0 bridgehead atoms. The van der Waals surface area contributed by atoms with Crippen molar-refractivity contribution in [2.75, 3.05) is 12.4 Å². The number of hydrogen-bond acceptors (Lipinski definition) is 5. The van der Waals surface area contributed by atoms with E-state index in [-0.39, 0.29) is 12.6 Å². The quantitative estimate of drug-likeness (QED) is 0.637. The van der Waals surface area contributed by atoms with Crippen molar-refractivity contribution in [1.82, 2.24) is 0 Å². The van der Waals surface area contributed by atoms with E-state index < -0.39 is 12.3 Å². The summed E-state index contributed by atoms with van der Waals surface area (Å²) in [7, 11) is 0. The highest BCUT2D eigenvalue weighted by atomic mass is 32.2. The predicted molar refractivity (Wildman–Crippen MR) is 97.0 cm³/mol. The summed E-state index contributed by atoms with van der Waals surface area (Å²) >= 11 is 1.63. The standard InChI is InChI=1S/C18H27FN2O2S/c1-3-16(24-12-13(2)19)8-9-17(21)18(22)11-23-15-6-4-14(10-20)5-7-15/h4-7,13,16-18,22H,3,8-9,11-12,21H2,1-2H3. The fraction of sp³-hybridized carbons (Fsp3) is 0.611. The lowest BCUT2D eigenvalue weighted by molar-refractivity contribution is 0.0819. The first-order valence-electron chi connectivity index (χ1n) is 8.28. The molecule has 1 aromatic carbocycles. The topological polar surface area (TPSA) is 79.3 Å². The van der Waals surface area contributed by atoms with Crippen LogP contribution in [0.15, 0.2) is 24.3 Å². The maximum atomic E-state index is 12.9. The highest BCUT2D eigenvalue weighted by Gasteiger charge is 2.18. The van der Waals surface area contributed by atoms with Gasteiger partial charge in [-0.15, -0.1) is 0 Å². The van der Waals surface area contributed by atoms with Crippen molar-refractivity contribution in [2.45, 2.75) is 56.7 Å². The Labute approximate surface area is 148 Å². The first-order valence-corrected chi connectivity index (χ1v) is 9.33. The van der Waals surface area contributed by atoms with Crippen molar-refractivity contribution in [3.8, 4) is 11.8 Å². The lowest BCUT2D eigenvalue weighted by atomic mass is 10.0. The number of alkyl halides is 1. The zero-order chi connectivity index (χ0) is 17.9. The molecule has 0 saturated heterocycles. The fourth-order valence-corrected chi connectivity index (χ4v) is 3.25. The number of halogens is 1. The normalized spacial score (nSPS) is 16.0. The highest BCUT2D eigenvalue weighted by molar-refractivity contribution is 7.99. The van der Waals surface area contributed by atoms with Crippen LogP contribution in [0, 0.1) is 11.3 Å². The van der Waals surface area contributed by atoms with E-state index in [0.717, 1.165) is 12.8 Å². The van der Waals surface area contributed by atoms with Crippen LogP contribution in [0.2, 0.25) is 0 Å². The Bertz CT molecular complexity index is 505. The van der Waals surface area contributed by atoms with Crippen LogP contribution >= 0.6 is 11.8 Å². The summed E-state index contributed by atoms with van der Waals surface area (Å²) < 4.78 is 18.4. The number of aliphatic hydroxyl groups excluding tert-OH is 1. The molecule has 0 aliphatic carbocycles. The SMILES string of the molecule is CCC(CCC(N)C(O)COc1ccc(C#N)cc1)SCC(C)F. The molecule has 0 heterocycles. The summed E-state index contributed by atoms with van der Waals surface area (Å²) in [4.78, 5) is 0. The number of nitrogens with two attached hydrogens (primary N) is 1. The van der Waals surface area contributed by atoms with Crippen LogP contribution in [0.1, 0.15) is 38.7 Å². The van der Waals surface area contributed by atoms with Gasteiger partial charge in [-0.2, -0.15) is 17.0 Å². The average Bonchev–Trinajstić information content (AvgIpc) is 2.59. The van der Waals surface area contributed by atoms with Gasteiger partial charge < -0.3 is 15.6 Å². The van der Waals surface area contributed by atoms with Crippen LogP contribution in [-0.2, 0) is 0 Å². The lowest BCUT2D eigenvalue weighted by Gasteiger charge is -2.22. The Morgan fingerprint density at radius 2 is 2.00 bits per heavy atom. The van der Waals surface area contributed by atoms with Crippen molar-refractivity contribution < 1.29 is 14.2 Å². The summed E-state index contributed by atoms with van der Waals surface area (Å²) in [6.07, 6.45) is 0.919. The Morgan fingerprint density at radius 1 is 1.33 bits per heavy atom. The third-order valence-electron chi connectivity index (χ3n) is 3.74. The molecule has 4 nitrogen and oxygen atoms in total. The van der Waals surface area contributed by atoms with Crippen molar-refractivity contribution in [1.29, 1.82) is 5.26 Å². The molecule has 0 saturated carbocycles. The molecule has 0 amide bonds. The maximum Gasteiger partial charge on any atom is 0.119 e. The summed E-state index contributed by atoms with van der Waals surface area (Å²) in [5.74, 6) is 1.09. The van der Waals surface area contributed by atoms with Crippen LogP contribution in [-0.4, -0.2) is 41.0 Å². The number of hydrogen-bond donors (Lipinski definition) is 2. The number of ether oxygens (including phenoxy) is 1. The average molecular weight is 354 g/mol. The molecular weight excluding hydrogens is 327 g/mol. The third-order valence-corrected chi connectivity index (χ3v) is 5.43. The second-order valence-corrected chi connectivity index (χ2v) is 7.23. The molecule has 4 unspecified atom stereocenters. The van der Waals surface area contributed by atoms with Gasteiger partial charge >= 0.3 is 0 Å². The first kappa shape index (κ1) is 20.8. The van der Waals surface area contributed by atoms with Gasteiger partial charge in [0.05, 0.1) is 11.6 Å². The molecule has 6 heteroatoms. The van der Waals surface area contributed by atoms with E-state index in [1.807, 2.05) is 6.07 Å². The Hall–Kier alpha value is -1.29. The third kappa shape index (κ3) is 8.00. The number of nitrogens with zero attached hydrogens (tertiary/aromatic N) is 1. The lowest BCUT2D eigenvalue weighted by Crippen LogP contribution is -2.39. The van der Waals surface area contributed by atoms with E-state index in [1.165, 1.54) is 0 Å². The van der Waals surface area contributed by atoms with E-state index in [2.05, 4.69) is 6.92 Å². The molecule has 0 aromatic heterocycles. The van der Waals surface area contributed by atoms with E-state index in [0.29, 0.717) is 28.7 Å². The minimum atomic E-state index is -0.802. The van der Waals surface area contributed by atoms with Crippen LogP contribution in [0.4, 0.5) is 4.39 Å². The van der Waals surface area contributed by atoms with Gasteiger partial charge in [0.15, 0.2) is 0 Å². The first-order chi connectivity index (χ1) is 11.5. The molecule has 0 fully saturated rings. The molecule has 4 atom stereocenters. The molecule has 0 aliphatic rings. The monoisotopic (exact) mass is 354 g/mol. The highest BCUT2D eigenvalue weighted by Crippen LogP contribution is 2.22. The van der Waals surface area contributed by atoms with Crippen molar-refractivity contribution >= 4 is 11.8 Å². The molecule has 24 heavy (non-hydrogen) atoms. The van der Waals surface area contributed by atoms with Gasteiger partial charge in [0.1, 0.15) is 24.6 Å². The second-order valence-electron chi connectivity index (χ2n) is 5.90. The Morgan fingerprint density at radius 3 is 2.54 bits per heavy atom. The molecule has 1 rings (SSSR count). The van der Waals surface area contributed by atoms with E-state index in [9.17, 15) is 9.50 Å². The van der Waals surface area contributed by atoms with E-state index >= 15 is 0 Å². The van der Waals surface area contributed by atoms with Gasteiger partial charge in [0.2, 0.25) is 0 Å². The summed E-state index contributed by atoms with van der Waals surface area (Å²) in [6, 6.07) is 8.38. The minimum Gasteiger partial charge on any atom is -0.491 e. The maximum absolute atomic E-state index is 12.9. The summed E-state index contributed by atoms with van der Waals surface area (Å²) in [6.45, 7) is 3.75. The molecule has 0 aliphatic heterocycles. The zero-order valence-electron chi connectivity index (χ0n) is 14.3. The van der Waals surface area contributed by atoms with Crippen molar-refractivity contribution in [3.05, 3.63) is 29.8 Å². The zero-order valence-corrected chi connectivity index (χ0v) is 15.1. The Kier molecular flexibility index (Phi) is 9.77. The van der Waals surface area contributed by atoms with Crippen LogP contribution in [0.3, 0.4) is 0 Å². The minimum absolute atomic E-state index is 0.110. The summed E-state index contributed by atoms with van der Waals surface area (Å²) in [5, 5.41) is 19.2. The van der Waals surface area contributed by atoms with Crippen LogP contribution in [0.5, 0.6) is 5.75 Å². The predicted octanol–water partition coefficient (Wildman–Crippen LogP) is 3.28. The van der Waals surface area contributed by atoms with E-state index in [4.69, 9.17) is 15.7 Å². The molecule has 0 spiro atoms. The molecule has 3 N–H and O–H groups in total. The number of benzene rings is 1. The van der Waals surface area contributed by atoms with Gasteiger partial charge in [-0.3, -0.25) is 0 Å². The van der Waals surface area contributed by atoms with Crippen molar-refractivity contribution in [2.24, 2.45) is 5.73 Å². The molecule has 134 valence electrons.